The molecule has 1 heterocycles. The van der Waals surface area contributed by atoms with Gasteiger partial charge in [0.05, 0.1) is 0 Å². The Hall–Kier alpha value is -1.33. The maximum absolute atomic E-state index is 14.0. The predicted molar refractivity (Wildman–Crippen MR) is 72.3 cm³/mol. The molecule has 0 bridgehead atoms. The summed E-state index contributed by atoms with van der Waals surface area (Å²) in [5, 5.41) is 8.66. The smallest absolute Gasteiger partial charge is 0.410 e. The highest BCUT2D eigenvalue weighted by Gasteiger charge is 2.30. The normalized spacial score (nSPS) is 24.1. The van der Waals surface area contributed by atoms with Crippen molar-refractivity contribution in [2.75, 3.05) is 13.1 Å². The molecule has 1 rings (SSSR count). The number of halogens is 1. The number of aliphatic carboxylic acids is 1. The second-order valence-electron chi connectivity index (χ2n) is 6.25. The van der Waals surface area contributed by atoms with Crippen LogP contribution in [-0.4, -0.2) is 46.9 Å². The number of carbonyl (C=O) groups excluding carboxylic acids is 1. The summed E-state index contributed by atoms with van der Waals surface area (Å²) in [5.41, 5.74) is -0.568. The van der Waals surface area contributed by atoms with Crippen molar-refractivity contribution in [2.24, 2.45) is 5.92 Å². The molecular weight excluding hydrogens is 265 g/mol. The van der Waals surface area contributed by atoms with E-state index in [1.54, 1.807) is 20.8 Å². The van der Waals surface area contributed by atoms with Gasteiger partial charge in [0, 0.05) is 19.5 Å². The molecule has 0 aromatic heterocycles. The van der Waals surface area contributed by atoms with Crippen LogP contribution < -0.4 is 0 Å². The summed E-state index contributed by atoms with van der Waals surface area (Å²) in [6, 6.07) is 0. The van der Waals surface area contributed by atoms with Crippen molar-refractivity contribution < 1.29 is 23.8 Å². The molecule has 1 saturated heterocycles. The van der Waals surface area contributed by atoms with Gasteiger partial charge in [0.1, 0.15) is 11.8 Å². The third-order valence-electron chi connectivity index (χ3n) is 3.34. The maximum Gasteiger partial charge on any atom is 0.410 e. The third-order valence-corrected chi connectivity index (χ3v) is 3.34. The molecule has 1 fully saturated rings. The molecule has 1 aliphatic heterocycles. The van der Waals surface area contributed by atoms with Gasteiger partial charge < -0.3 is 14.7 Å². The number of carbonyl (C=O) groups is 2. The number of hydrogen-bond donors (Lipinski definition) is 1. The number of ether oxygens (including phenoxy) is 1. The standard InChI is InChI=1S/C14H24FNO4/c1-14(2,3)20-13(19)16-8-6-10(4-5-12(17)18)11(15)7-9-16/h10-11H,4-9H2,1-3H3,(H,17,18). The van der Waals surface area contributed by atoms with Gasteiger partial charge in [-0.1, -0.05) is 0 Å². The molecule has 1 amide bonds. The zero-order valence-corrected chi connectivity index (χ0v) is 12.4. The van der Waals surface area contributed by atoms with Gasteiger partial charge in [-0.2, -0.15) is 0 Å². The largest absolute Gasteiger partial charge is 0.481 e. The number of hydrogen-bond acceptors (Lipinski definition) is 3. The third kappa shape index (κ3) is 5.75. The fraction of sp³-hybridized carbons (Fsp3) is 0.857. The van der Waals surface area contributed by atoms with Crippen molar-refractivity contribution >= 4 is 12.1 Å². The van der Waals surface area contributed by atoms with Crippen LogP contribution >= 0.6 is 0 Å². The summed E-state index contributed by atoms with van der Waals surface area (Å²) >= 11 is 0. The molecule has 1 aliphatic rings. The first-order valence-electron chi connectivity index (χ1n) is 7.03. The highest BCUT2D eigenvalue weighted by atomic mass is 19.1. The van der Waals surface area contributed by atoms with Gasteiger partial charge in [-0.3, -0.25) is 4.79 Å². The van der Waals surface area contributed by atoms with E-state index in [4.69, 9.17) is 9.84 Å². The van der Waals surface area contributed by atoms with Crippen molar-refractivity contribution in [1.29, 1.82) is 0 Å². The molecule has 20 heavy (non-hydrogen) atoms. The highest BCUT2D eigenvalue weighted by molar-refractivity contribution is 5.68. The Bertz CT molecular complexity index is 354. The van der Waals surface area contributed by atoms with E-state index in [1.165, 1.54) is 4.90 Å². The summed E-state index contributed by atoms with van der Waals surface area (Å²) in [6.45, 7) is 6.10. The maximum atomic E-state index is 14.0. The highest BCUT2D eigenvalue weighted by Crippen LogP contribution is 2.26. The summed E-state index contributed by atoms with van der Waals surface area (Å²) < 4.78 is 19.2. The van der Waals surface area contributed by atoms with Gasteiger partial charge in [0.15, 0.2) is 0 Å². The lowest BCUT2D eigenvalue weighted by atomic mass is 9.93. The first-order valence-corrected chi connectivity index (χ1v) is 7.03. The van der Waals surface area contributed by atoms with Crippen LogP contribution in [0.25, 0.3) is 0 Å². The van der Waals surface area contributed by atoms with E-state index in [1.807, 2.05) is 0 Å². The van der Waals surface area contributed by atoms with Crippen LogP contribution in [0.5, 0.6) is 0 Å². The van der Waals surface area contributed by atoms with Crippen molar-refractivity contribution in [3.63, 3.8) is 0 Å². The van der Waals surface area contributed by atoms with Crippen molar-refractivity contribution in [3.8, 4) is 0 Å². The fourth-order valence-electron chi connectivity index (χ4n) is 2.27. The number of nitrogens with zero attached hydrogens (tertiary/aromatic N) is 1. The van der Waals surface area contributed by atoms with Crippen LogP contribution in [0.2, 0.25) is 0 Å². The molecule has 0 spiro atoms. The number of amides is 1. The quantitative estimate of drug-likeness (QED) is 0.867. The Morgan fingerprint density at radius 2 is 1.90 bits per heavy atom. The van der Waals surface area contributed by atoms with Crippen molar-refractivity contribution in [3.05, 3.63) is 0 Å². The molecule has 1 N–H and O–H groups in total. The van der Waals surface area contributed by atoms with Crippen LogP contribution in [0.1, 0.15) is 46.5 Å². The SMILES string of the molecule is CC(C)(C)OC(=O)N1CCC(F)C(CCC(=O)O)CC1. The molecule has 5 nitrogen and oxygen atoms in total. The predicted octanol–water partition coefficient (Wildman–Crippen LogP) is 2.84. The first-order chi connectivity index (χ1) is 9.19. The van der Waals surface area contributed by atoms with E-state index >= 15 is 0 Å². The number of likely N-dealkylation sites (tertiary alicyclic amines) is 1. The lowest BCUT2D eigenvalue weighted by Crippen LogP contribution is -2.37. The van der Waals surface area contributed by atoms with E-state index in [0.717, 1.165) is 0 Å². The average Bonchev–Trinajstić information content (AvgIpc) is 2.46. The Morgan fingerprint density at radius 1 is 1.30 bits per heavy atom. The molecule has 0 aliphatic carbocycles. The Balaban J connectivity index is 2.52. The molecule has 0 saturated carbocycles. The number of carboxylic acid groups (broad SMARTS) is 1. The van der Waals surface area contributed by atoms with E-state index in [-0.39, 0.29) is 18.8 Å². The second-order valence-corrected chi connectivity index (χ2v) is 6.25. The summed E-state index contributed by atoms with van der Waals surface area (Å²) in [5.74, 6) is -1.20. The van der Waals surface area contributed by atoms with E-state index in [0.29, 0.717) is 25.9 Å². The number of rotatable bonds is 3. The van der Waals surface area contributed by atoms with Gasteiger partial charge in [0.25, 0.3) is 0 Å². The zero-order valence-electron chi connectivity index (χ0n) is 12.4. The van der Waals surface area contributed by atoms with Gasteiger partial charge in [-0.15, -0.1) is 0 Å². The fourth-order valence-corrected chi connectivity index (χ4v) is 2.27. The summed E-state index contributed by atoms with van der Waals surface area (Å²) in [6.07, 6.45) is -0.474. The van der Waals surface area contributed by atoms with Crippen LogP contribution in [0.3, 0.4) is 0 Å². The number of alkyl halides is 1. The molecule has 0 radical (unpaired) electrons. The first kappa shape index (κ1) is 16.7. The Labute approximate surface area is 119 Å². The monoisotopic (exact) mass is 289 g/mol. The van der Waals surface area contributed by atoms with Crippen LogP contribution in [0.15, 0.2) is 0 Å². The minimum atomic E-state index is -1.05. The molecule has 2 atom stereocenters. The van der Waals surface area contributed by atoms with Gasteiger partial charge in [-0.05, 0) is 46.0 Å². The molecule has 2 unspecified atom stereocenters. The van der Waals surface area contributed by atoms with Crippen LogP contribution in [0, 0.1) is 5.92 Å². The summed E-state index contributed by atoms with van der Waals surface area (Å²) in [4.78, 5) is 24.0. The Kier molecular flexibility index (Phi) is 5.77. The molecule has 0 aromatic rings. The lowest BCUT2D eigenvalue weighted by molar-refractivity contribution is -0.137. The molecule has 0 aromatic carbocycles. The minimum absolute atomic E-state index is 0.0302. The zero-order chi connectivity index (χ0) is 15.3. The van der Waals surface area contributed by atoms with Crippen LogP contribution in [0.4, 0.5) is 9.18 Å². The average molecular weight is 289 g/mol. The molecule has 6 heteroatoms. The van der Waals surface area contributed by atoms with E-state index in [9.17, 15) is 14.0 Å². The number of carboxylic acids is 1. The van der Waals surface area contributed by atoms with Crippen molar-refractivity contribution in [2.45, 2.75) is 58.2 Å². The van der Waals surface area contributed by atoms with E-state index in [2.05, 4.69) is 0 Å². The second kappa shape index (κ2) is 6.90. The minimum Gasteiger partial charge on any atom is -0.481 e. The van der Waals surface area contributed by atoms with Gasteiger partial charge >= 0.3 is 12.1 Å². The van der Waals surface area contributed by atoms with Crippen LogP contribution in [-0.2, 0) is 9.53 Å². The Morgan fingerprint density at radius 3 is 2.45 bits per heavy atom. The van der Waals surface area contributed by atoms with Gasteiger partial charge in [-0.25, -0.2) is 9.18 Å². The lowest BCUT2D eigenvalue weighted by Gasteiger charge is -2.26. The molecule has 116 valence electrons. The molecular formula is C14H24FNO4. The van der Waals surface area contributed by atoms with Crippen molar-refractivity contribution in [1.82, 2.24) is 4.90 Å². The van der Waals surface area contributed by atoms with E-state index < -0.39 is 23.8 Å². The summed E-state index contributed by atoms with van der Waals surface area (Å²) in [7, 11) is 0. The topological polar surface area (TPSA) is 66.8 Å². The van der Waals surface area contributed by atoms with Gasteiger partial charge in [0.2, 0.25) is 0 Å².